The molecule has 2 aliphatic heterocycles. The summed E-state index contributed by atoms with van der Waals surface area (Å²) in [7, 11) is 1.62. The first kappa shape index (κ1) is 16.0. The number of nitrogens with zero attached hydrogens (tertiary/aromatic N) is 4. The lowest BCUT2D eigenvalue weighted by Gasteiger charge is -2.08. The maximum atomic E-state index is 5.22. The molecule has 7 nitrogen and oxygen atoms in total. The van der Waals surface area contributed by atoms with E-state index in [2.05, 4.69) is 30.8 Å². The summed E-state index contributed by atoms with van der Waals surface area (Å²) in [6.45, 7) is 1.82. The number of aliphatic imine (C=N–C) groups is 3. The molecule has 1 unspecified atom stereocenters. The number of anilines is 1. The Morgan fingerprint density at radius 2 is 2.08 bits per heavy atom. The number of amidine groups is 2. The quantitative estimate of drug-likeness (QED) is 0.500. The second-order valence-corrected chi connectivity index (χ2v) is 5.43. The van der Waals surface area contributed by atoms with Gasteiger partial charge in [0.1, 0.15) is 17.5 Å². The topological polar surface area (TPSA) is 82.7 Å². The van der Waals surface area contributed by atoms with Gasteiger partial charge in [-0.05, 0) is 49.5 Å². The smallest absolute Gasteiger partial charge is 0.191 e. The standard InChI is InChI=1S/C16H16N6OS/c1-10(14-19-13-4-3-9-17-15(13)20-14)21-22-16(24)18-11-5-7-12(23-2)8-6-11/h3-9,13H,1-2H3,(H2,18,22,24)/b21-10+. The summed E-state index contributed by atoms with van der Waals surface area (Å²) in [6, 6.07) is 7.31. The number of benzene rings is 1. The molecule has 0 amide bonds. The molecule has 0 aromatic heterocycles. The average molecular weight is 340 g/mol. The summed E-state index contributed by atoms with van der Waals surface area (Å²) < 4.78 is 5.11. The number of fused-ring (bicyclic) bond motifs is 1. The Balaban J connectivity index is 1.58. The molecule has 0 saturated carbocycles. The second-order valence-electron chi connectivity index (χ2n) is 5.02. The van der Waals surface area contributed by atoms with E-state index in [0.717, 1.165) is 11.4 Å². The molecular weight excluding hydrogens is 324 g/mol. The lowest BCUT2D eigenvalue weighted by Crippen LogP contribution is -2.26. The van der Waals surface area contributed by atoms with Crippen molar-refractivity contribution in [2.45, 2.75) is 13.0 Å². The third-order valence-corrected chi connectivity index (χ3v) is 3.52. The first-order valence-corrected chi connectivity index (χ1v) is 7.69. The Labute approximate surface area is 145 Å². The largest absolute Gasteiger partial charge is 0.497 e. The van der Waals surface area contributed by atoms with E-state index in [9.17, 15) is 0 Å². The monoisotopic (exact) mass is 340 g/mol. The number of hydrogen-bond acceptors (Lipinski definition) is 6. The third-order valence-electron chi connectivity index (χ3n) is 3.33. The Kier molecular flexibility index (Phi) is 4.76. The van der Waals surface area contributed by atoms with Gasteiger partial charge in [-0.3, -0.25) is 5.43 Å². The minimum absolute atomic E-state index is 0.112. The fraction of sp³-hybridized carbons (Fsp3) is 0.188. The first-order chi connectivity index (χ1) is 11.7. The highest BCUT2D eigenvalue weighted by molar-refractivity contribution is 7.80. The van der Waals surface area contributed by atoms with Crippen molar-refractivity contribution in [1.29, 1.82) is 0 Å². The van der Waals surface area contributed by atoms with Crippen molar-refractivity contribution in [2.24, 2.45) is 20.1 Å². The molecular formula is C16H16N6OS. The summed E-state index contributed by atoms with van der Waals surface area (Å²) in [5, 5.41) is 7.63. The van der Waals surface area contributed by atoms with E-state index >= 15 is 0 Å². The van der Waals surface area contributed by atoms with Crippen molar-refractivity contribution in [3.8, 4) is 5.75 Å². The van der Waals surface area contributed by atoms with Crippen molar-refractivity contribution in [2.75, 3.05) is 12.4 Å². The van der Waals surface area contributed by atoms with E-state index in [1.165, 1.54) is 0 Å². The van der Waals surface area contributed by atoms with Crippen molar-refractivity contribution in [3.05, 3.63) is 36.4 Å². The lowest BCUT2D eigenvalue weighted by molar-refractivity contribution is 0.415. The molecule has 0 saturated heterocycles. The maximum Gasteiger partial charge on any atom is 0.191 e. The van der Waals surface area contributed by atoms with Crippen molar-refractivity contribution >= 4 is 46.6 Å². The number of thiocarbonyl (C=S) groups is 1. The van der Waals surface area contributed by atoms with Crippen LogP contribution in [-0.4, -0.2) is 41.9 Å². The Morgan fingerprint density at radius 1 is 1.29 bits per heavy atom. The molecule has 2 heterocycles. The van der Waals surface area contributed by atoms with Gasteiger partial charge in [0.2, 0.25) is 0 Å². The third kappa shape index (κ3) is 3.72. The zero-order valence-electron chi connectivity index (χ0n) is 13.2. The molecule has 0 radical (unpaired) electrons. The average Bonchev–Trinajstić information content (AvgIpc) is 3.04. The number of nitrogens with one attached hydrogen (secondary N) is 2. The first-order valence-electron chi connectivity index (χ1n) is 7.28. The van der Waals surface area contributed by atoms with Crippen LogP contribution < -0.4 is 15.5 Å². The van der Waals surface area contributed by atoms with E-state index in [1.807, 2.05) is 43.3 Å². The molecule has 1 aromatic carbocycles. The van der Waals surface area contributed by atoms with Gasteiger partial charge in [0.15, 0.2) is 16.8 Å². The van der Waals surface area contributed by atoms with E-state index in [0.29, 0.717) is 22.5 Å². The van der Waals surface area contributed by atoms with E-state index < -0.39 is 0 Å². The summed E-state index contributed by atoms with van der Waals surface area (Å²) in [6.07, 6.45) is 5.50. The number of dihydropyridines is 1. The summed E-state index contributed by atoms with van der Waals surface area (Å²) in [5.74, 6) is 2.02. The van der Waals surface area contributed by atoms with Crippen LogP contribution in [0.15, 0.2) is 56.5 Å². The van der Waals surface area contributed by atoms with Gasteiger partial charge in [-0.25, -0.2) is 15.0 Å². The molecule has 1 aromatic rings. The predicted octanol–water partition coefficient (Wildman–Crippen LogP) is 2.18. The molecule has 8 heteroatoms. The lowest BCUT2D eigenvalue weighted by atomic mass is 10.2. The molecule has 3 rings (SSSR count). The number of hydrazone groups is 1. The molecule has 0 fully saturated rings. The van der Waals surface area contributed by atoms with Gasteiger partial charge in [0.05, 0.1) is 7.11 Å². The fourth-order valence-corrected chi connectivity index (χ4v) is 2.26. The van der Waals surface area contributed by atoms with Crippen LogP contribution in [0.4, 0.5) is 5.69 Å². The van der Waals surface area contributed by atoms with Crippen LogP contribution >= 0.6 is 12.2 Å². The molecule has 0 spiro atoms. The Bertz CT molecular complexity index is 791. The number of hydrogen-bond donors (Lipinski definition) is 2. The highest BCUT2D eigenvalue weighted by Gasteiger charge is 2.22. The fourth-order valence-electron chi connectivity index (χ4n) is 2.09. The van der Waals surface area contributed by atoms with Crippen molar-refractivity contribution in [3.63, 3.8) is 0 Å². The van der Waals surface area contributed by atoms with Gasteiger partial charge < -0.3 is 10.1 Å². The van der Waals surface area contributed by atoms with Crippen LogP contribution in [0.1, 0.15) is 6.92 Å². The van der Waals surface area contributed by atoms with Gasteiger partial charge >= 0.3 is 0 Å². The highest BCUT2D eigenvalue weighted by atomic mass is 32.1. The minimum Gasteiger partial charge on any atom is -0.497 e. The molecule has 2 N–H and O–H groups in total. The zero-order chi connectivity index (χ0) is 16.9. The van der Waals surface area contributed by atoms with E-state index in [4.69, 9.17) is 17.0 Å². The van der Waals surface area contributed by atoms with Gasteiger partial charge in [-0.2, -0.15) is 5.10 Å². The summed E-state index contributed by atoms with van der Waals surface area (Å²) >= 11 is 5.22. The zero-order valence-corrected chi connectivity index (χ0v) is 14.0. The van der Waals surface area contributed by atoms with Crippen LogP contribution in [0.3, 0.4) is 0 Å². The number of methoxy groups -OCH3 is 1. The van der Waals surface area contributed by atoms with Crippen molar-refractivity contribution < 1.29 is 4.74 Å². The predicted molar refractivity (Wildman–Crippen MR) is 102 cm³/mol. The van der Waals surface area contributed by atoms with Crippen LogP contribution in [0.25, 0.3) is 0 Å². The molecule has 24 heavy (non-hydrogen) atoms. The number of allylic oxidation sites excluding steroid dienone is 1. The molecule has 0 aliphatic carbocycles. The Hall–Kier alpha value is -2.87. The van der Waals surface area contributed by atoms with Gasteiger partial charge in [-0.1, -0.05) is 6.08 Å². The van der Waals surface area contributed by atoms with E-state index in [-0.39, 0.29) is 6.04 Å². The second kappa shape index (κ2) is 7.14. The van der Waals surface area contributed by atoms with Gasteiger partial charge in [0.25, 0.3) is 0 Å². The van der Waals surface area contributed by atoms with Gasteiger partial charge in [0, 0.05) is 11.9 Å². The molecule has 2 aliphatic rings. The number of ether oxygens (including phenoxy) is 1. The van der Waals surface area contributed by atoms with Crippen LogP contribution in [0.5, 0.6) is 5.75 Å². The van der Waals surface area contributed by atoms with E-state index in [1.54, 1.807) is 13.3 Å². The minimum atomic E-state index is -0.112. The van der Waals surface area contributed by atoms with Crippen LogP contribution in [-0.2, 0) is 0 Å². The van der Waals surface area contributed by atoms with Gasteiger partial charge in [-0.15, -0.1) is 0 Å². The molecule has 0 bridgehead atoms. The van der Waals surface area contributed by atoms with Crippen LogP contribution in [0, 0.1) is 0 Å². The highest BCUT2D eigenvalue weighted by Crippen LogP contribution is 2.15. The summed E-state index contributed by atoms with van der Waals surface area (Å²) in [4.78, 5) is 13.0. The summed E-state index contributed by atoms with van der Waals surface area (Å²) in [5.41, 5.74) is 4.26. The van der Waals surface area contributed by atoms with Crippen molar-refractivity contribution in [1.82, 2.24) is 5.43 Å². The SMILES string of the molecule is COc1ccc(NC(=S)N/N=C(\C)C2=NC3C=CC=NC3=N2)cc1. The molecule has 122 valence electrons. The number of rotatable bonds is 4. The Morgan fingerprint density at radius 3 is 2.79 bits per heavy atom. The van der Waals surface area contributed by atoms with Crippen LogP contribution in [0.2, 0.25) is 0 Å². The molecule has 1 atom stereocenters. The maximum absolute atomic E-state index is 5.22. The normalized spacial score (nSPS) is 18.6.